The highest BCUT2D eigenvalue weighted by atomic mass is 16.5. The molecular weight excluding hydrogens is 364 g/mol. The number of aliphatic imine (C=N–C) groups is 1. The third kappa shape index (κ3) is 7.35. The zero-order valence-corrected chi connectivity index (χ0v) is 17.7. The topological polar surface area (TPSA) is 74.8 Å². The highest BCUT2D eigenvalue weighted by molar-refractivity contribution is 5.94. The lowest BCUT2D eigenvalue weighted by Crippen LogP contribution is -2.37. The molecule has 2 fully saturated rings. The Bertz CT molecular complexity index is 665. The van der Waals surface area contributed by atoms with Crippen LogP contribution in [0.1, 0.15) is 63.4 Å². The Balaban J connectivity index is 1.35. The van der Waals surface area contributed by atoms with Crippen LogP contribution in [0.25, 0.3) is 0 Å². The normalized spacial score (nSPS) is 20.0. The second kappa shape index (κ2) is 11.8. The van der Waals surface area contributed by atoms with Gasteiger partial charge in [0, 0.05) is 32.4 Å². The van der Waals surface area contributed by atoms with Crippen molar-refractivity contribution in [1.29, 1.82) is 0 Å². The molecule has 6 heteroatoms. The van der Waals surface area contributed by atoms with E-state index in [0.29, 0.717) is 13.2 Å². The summed E-state index contributed by atoms with van der Waals surface area (Å²) >= 11 is 0. The van der Waals surface area contributed by atoms with Gasteiger partial charge in [-0.15, -0.1) is 0 Å². The lowest BCUT2D eigenvalue weighted by molar-refractivity contribution is -0.124. The number of nitrogens with one attached hydrogen (secondary N) is 3. The summed E-state index contributed by atoms with van der Waals surface area (Å²) in [6, 6.07) is 7.91. The first kappa shape index (κ1) is 21.6. The predicted octanol–water partition coefficient (Wildman–Crippen LogP) is 3.83. The van der Waals surface area contributed by atoms with Crippen LogP contribution in [0.3, 0.4) is 0 Å². The first-order valence-corrected chi connectivity index (χ1v) is 11.2. The number of amides is 1. The first-order valence-electron chi connectivity index (χ1n) is 11.2. The molecular formula is C23H36N4O2. The lowest BCUT2D eigenvalue weighted by atomic mass is 10.0. The second-order valence-corrected chi connectivity index (χ2v) is 8.19. The molecule has 1 aromatic carbocycles. The Kier molecular flexibility index (Phi) is 8.81. The molecule has 1 amide bonds. The molecule has 1 heterocycles. The van der Waals surface area contributed by atoms with E-state index in [1.54, 1.807) is 7.05 Å². The number of rotatable bonds is 9. The van der Waals surface area contributed by atoms with Gasteiger partial charge in [-0.25, -0.2) is 0 Å². The molecule has 1 aliphatic heterocycles. The minimum atomic E-state index is -0.312. The Morgan fingerprint density at radius 3 is 2.76 bits per heavy atom. The minimum absolute atomic E-state index is 0.0531. The van der Waals surface area contributed by atoms with Crippen LogP contribution in [-0.2, 0) is 16.1 Å². The van der Waals surface area contributed by atoms with Crippen LogP contribution in [0, 0.1) is 5.92 Å². The third-order valence-electron chi connectivity index (χ3n) is 5.91. The highest BCUT2D eigenvalue weighted by Gasteiger charge is 2.23. The molecule has 0 aromatic heterocycles. The van der Waals surface area contributed by atoms with Gasteiger partial charge in [-0.05, 0) is 42.9 Å². The van der Waals surface area contributed by atoms with Crippen molar-refractivity contribution in [3.8, 4) is 0 Å². The van der Waals surface area contributed by atoms with Gasteiger partial charge >= 0.3 is 0 Å². The summed E-state index contributed by atoms with van der Waals surface area (Å²) in [5.74, 6) is 1.74. The number of carbonyl (C=O) groups is 1. The Labute approximate surface area is 174 Å². The molecule has 1 atom stereocenters. The number of hydrogen-bond acceptors (Lipinski definition) is 3. The van der Waals surface area contributed by atoms with Gasteiger partial charge in [0.1, 0.15) is 6.10 Å². The van der Waals surface area contributed by atoms with Crippen molar-refractivity contribution >= 4 is 17.6 Å². The van der Waals surface area contributed by atoms with Gasteiger partial charge in [-0.1, -0.05) is 50.7 Å². The van der Waals surface area contributed by atoms with E-state index < -0.39 is 0 Å². The molecule has 0 bridgehead atoms. The van der Waals surface area contributed by atoms with E-state index in [0.717, 1.165) is 42.5 Å². The minimum Gasteiger partial charge on any atom is -0.368 e. The number of benzene rings is 1. The molecule has 0 spiro atoms. The van der Waals surface area contributed by atoms with E-state index in [1.165, 1.54) is 44.9 Å². The predicted molar refractivity (Wildman–Crippen MR) is 118 cm³/mol. The molecule has 1 unspecified atom stereocenters. The summed E-state index contributed by atoms with van der Waals surface area (Å²) in [5, 5.41) is 9.72. The molecule has 29 heavy (non-hydrogen) atoms. The van der Waals surface area contributed by atoms with Crippen LogP contribution in [0.4, 0.5) is 5.69 Å². The molecule has 1 aliphatic carbocycles. The summed E-state index contributed by atoms with van der Waals surface area (Å²) in [4.78, 5) is 16.5. The zero-order valence-electron chi connectivity index (χ0n) is 17.7. The quantitative estimate of drug-likeness (QED) is 0.335. The van der Waals surface area contributed by atoms with Gasteiger partial charge in [-0.2, -0.15) is 0 Å². The van der Waals surface area contributed by atoms with Crippen molar-refractivity contribution in [2.24, 2.45) is 10.9 Å². The van der Waals surface area contributed by atoms with E-state index >= 15 is 0 Å². The summed E-state index contributed by atoms with van der Waals surface area (Å²) in [6.45, 7) is 2.28. The average Bonchev–Trinajstić information content (AvgIpc) is 3.44. The van der Waals surface area contributed by atoms with Crippen LogP contribution in [0.15, 0.2) is 29.3 Å². The maximum absolute atomic E-state index is 12.2. The van der Waals surface area contributed by atoms with Crippen molar-refractivity contribution in [3.63, 3.8) is 0 Å². The fourth-order valence-corrected chi connectivity index (χ4v) is 4.24. The van der Waals surface area contributed by atoms with Gasteiger partial charge in [0.05, 0.1) is 0 Å². The molecule has 6 nitrogen and oxygen atoms in total. The summed E-state index contributed by atoms with van der Waals surface area (Å²) < 4.78 is 5.45. The first-order chi connectivity index (χ1) is 14.2. The molecule has 160 valence electrons. The number of unbranched alkanes of at least 4 members (excludes halogenated alkanes) is 1. The number of ether oxygens (including phenoxy) is 1. The number of nitrogens with zero attached hydrogens (tertiary/aromatic N) is 1. The smallest absolute Gasteiger partial charge is 0.253 e. The number of hydrogen-bond donors (Lipinski definition) is 3. The van der Waals surface area contributed by atoms with E-state index in [1.807, 2.05) is 24.3 Å². The van der Waals surface area contributed by atoms with E-state index in [9.17, 15) is 4.79 Å². The average molecular weight is 401 g/mol. The second-order valence-electron chi connectivity index (χ2n) is 8.19. The number of anilines is 1. The van der Waals surface area contributed by atoms with Gasteiger partial charge in [0.15, 0.2) is 5.96 Å². The zero-order chi connectivity index (χ0) is 20.3. The van der Waals surface area contributed by atoms with Crippen molar-refractivity contribution in [2.45, 2.75) is 70.4 Å². The fourth-order valence-electron chi connectivity index (χ4n) is 4.24. The summed E-state index contributed by atoms with van der Waals surface area (Å²) in [6.07, 6.45) is 11.0. The number of carbonyl (C=O) groups excluding carboxylic acids is 1. The summed E-state index contributed by atoms with van der Waals surface area (Å²) in [5.41, 5.74) is 1.90. The lowest BCUT2D eigenvalue weighted by Gasteiger charge is -2.14. The van der Waals surface area contributed by atoms with Crippen molar-refractivity contribution in [3.05, 3.63) is 29.8 Å². The SMILES string of the molecule is CN=C(NCCCCC1CCCC1)NCc1cccc(NC(=O)C2CCCO2)c1. The molecule has 3 rings (SSSR count). The number of guanidine groups is 1. The molecule has 1 saturated heterocycles. The Morgan fingerprint density at radius 2 is 2.00 bits per heavy atom. The molecule has 3 N–H and O–H groups in total. The maximum Gasteiger partial charge on any atom is 0.253 e. The fraction of sp³-hybridized carbons (Fsp3) is 0.652. The van der Waals surface area contributed by atoms with Crippen LogP contribution in [0.2, 0.25) is 0 Å². The van der Waals surface area contributed by atoms with Gasteiger partial charge in [0.2, 0.25) is 0 Å². The van der Waals surface area contributed by atoms with Crippen LogP contribution < -0.4 is 16.0 Å². The van der Waals surface area contributed by atoms with Gasteiger partial charge in [-0.3, -0.25) is 9.79 Å². The van der Waals surface area contributed by atoms with Crippen molar-refractivity contribution in [2.75, 3.05) is 25.5 Å². The Hall–Kier alpha value is -2.08. The molecule has 1 aromatic rings. The molecule has 0 radical (unpaired) electrons. The van der Waals surface area contributed by atoms with Gasteiger partial charge in [0.25, 0.3) is 5.91 Å². The van der Waals surface area contributed by atoms with E-state index in [2.05, 4.69) is 20.9 Å². The van der Waals surface area contributed by atoms with Crippen LogP contribution >= 0.6 is 0 Å². The van der Waals surface area contributed by atoms with Crippen molar-refractivity contribution in [1.82, 2.24) is 10.6 Å². The van der Waals surface area contributed by atoms with E-state index in [4.69, 9.17) is 4.74 Å². The monoisotopic (exact) mass is 400 g/mol. The van der Waals surface area contributed by atoms with Crippen LogP contribution in [-0.4, -0.2) is 38.2 Å². The van der Waals surface area contributed by atoms with Crippen molar-refractivity contribution < 1.29 is 9.53 Å². The third-order valence-corrected chi connectivity index (χ3v) is 5.91. The largest absolute Gasteiger partial charge is 0.368 e. The van der Waals surface area contributed by atoms with E-state index in [-0.39, 0.29) is 12.0 Å². The molecule has 2 aliphatic rings. The summed E-state index contributed by atoms with van der Waals surface area (Å²) in [7, 11) is 1.80. The highest BCUT2D eigenvalue weighted by Crippen LogP contribution is 2.28. The van der Waals surface area contributed by atoms with Crippen LogP contribution in [0.5, 0.6) is 0 Å². The van der Waals surface area contributed by atoms with Gasteiger partial charge < -0.3 is 20.7 Å². The Morgan fingerprint density at radius 1 is 1.14 bits per heavy atom. The maximum atomic E-state index is 12.2. The standard InChI is InChI=1S/C23H36N4O2/c1-24-23(25-14-5-4-10-18-8-2-3-9-18)26-17-19-11-6-12-20(16-19)27-22(28)21-13-7-15-29-21/h6,11-12,16,18,21H,2-5,7-10,13-15,17H2,1H3,(H,27,28)(H2,24,25,26). The molecule has 1 saturated carbocycles.